The van der Waals surface area contributed by atoms with Gasteiger partial charge in [0.25, 0.3) is 5.56 Å². The Morgan fingerprint density at radius 3 is 2.75 bits per heavy atom. The highest BCUT2D eigenvalue weighted by Gasteiger charge is 2.36. The first-order valence-corrected chi connectivity index (χ1v) is 7.27. The molecule has 1 aromatic heterocycles. The second kappa shape index (κ2) is 4.61. The summed E-state index contributed by atoms with van der Waals surface area (Å²) in [5, 5.41) is 0.956. The van der Waals surface area contributed by atoms with Crippen LogP contribution >= 0.6 is 31.9 Å². The Labute approximate surface area is 112 Å². The van der Waals surface area contributed by atoms with E-state index in [-0.39, 0.29) is 11.0 Å². The lowest BCUT2D eigenvalue weighted by molar-refractivity contribution is 0.137. The quantitative estimate of drug-likeness (QED) is 0.786. The number of halogens is 2. The van der Waals surface area contributed by atoms with Gasteiger partial charge < -0.3 is 0 Å². The van der Waals surface area contributed by atoms with E-state index in [0.717, 1.165) is 17.6 Å². The molecule has 0 spiro atoms. The Kier molecular flexibility index (Phi) is 3.54. The van der Waals surface area contributed by atoms with Gasteiger partial charge in [-0.3, -0.25) is 9.36 Å². The van der Waals surface area contributed by atoms with Crippen LogP contribution in [0, 0.1) is 12.3 Å². The van der Waals surface area contributed by atoms with Crippen molar-refractivity contribution in [1.29, 1.82) is 0 Å². The van der Waals surface area contributed by atoms with E-state index in [9.17, 15) is 4.79 Å². The van der Waals surface area contributed by atoms with Gasteiger partial charge in [-0.25, -0.2) is 4.98 Å². The average molecular weight is 350 g/mol. The predicted octanol–water partition coefficient (Wildman–Crippen LogP) is 2.88. The lowest BCUT2D eigenvalue weighted by atomic mass is 9.70. The summed E-state index contributed by atoms with van der Waals surface area (Å²) >= 11 is 6.84. The summed E-state index contributed by atoms with van der Waals surface area (Å²) in [5.41, 5.74) is 1.04. The zero-order valence-electron chi connectivity index (χ0n) is 9.17. The third-order valence-corrected chi connectivity index (χ3v) is 5.46. The molecule has 0 aromatic carbocycles. The van der Waals surface area contributed by atoms with E-state index in [0.29, 0.717) is 4.47 Å². The van der Waals surface area contributed by atoms with Gasteiger partial charge in [0.15, 0.2) is 0 Å². The van der Waals surface area contributed by atoms with Gasteiger partial charge in [-0.15, -0.1) is 0 Å². The number of hydrogen-bond donors (Lipinski definition) is 0. The Hall–Kier alpha value is -0.160. The van der Waals surface area contributed by atoms with Gasteiger partial charge in [-0.2, -0.15) is 0 Å². The van der Waals surface area contributed by atoms with Crippen molar-refractivity contribution >= 4 is 31.9 Å². The largest absolute Gasteiger partial charge is 0.298 e. The Morgan fingerprint density at radius 1 is 1.56 bits per heavy atom. The molecule has 16 heavy (non-hydrogen) atoms. The molecule has 0 aliphatic heterocycles. The van der Waals surface area contributed by atoms with Gasteiger partial charge in [0.2, 0.25) is 0 Å². The molecule has 1 aliphatic rings. The molecule has 1 saturated carbocycles. The second-order valence-corrected chi connectivity index (χ2v) is 5.92. The van der Waals surface area contributed by atoms with E-state index in [4.69, 9.17) is 0 Å². The molecule has 1 aromatic rings. The normalized spacial score (nSPS) is 18.2. The minimum absolute atomic E-state index is 0.0275. The maximum absolute atomic E-state index is 12.0. The van der Waals surface area contributed by atoms with Crippen molar-refractivity contribution in [1.82, 2.24) is 9.55 Å². The Morgan fingerprint density at radius 2 is 2.25 bits per heavy atom. The van der Waals surface area contributed by atoms with Crippen LogP contribution in [-0.4, -0.2) is 14.9 Å². The highest BCUT2D eigenvalue weighted by atomic mass is 79.9. The lowest BCUT2D eigenvalue weighted by Gasteiger charge is -2.40. The highest BCUT2D eigenvalue weighted by molar-refractivity contribution is 9.10. The number of aromatic nitrogens is 2. The molecule has 0 atom stereocenters. The van der Waals surface area contributed by atoms with Crippen LogP contribution in [-0.2, 0) is 6.54 Å². The van der Waals surface area contributed by atoms with Crippen LogP contribution in [0.5, 0.6) is 0 Å². The molecule has 0 amide bonds. The molecule has 3 nitrogen and oxygen atoms in total. The van der Waals surface area contributed by atoms with Crippen LogP contribution in [0.3, 0.4) is 0 Å². The number of aryl methyl sites for hydroxylation is 1. The van der Waals surface area contributed by atoms with Crippen molar-refractivity contribution in [2.24, 2.45) is 5.41 Å². The van der Waals surface area contributed by atoms with Crippen LogP contribution in [0.25, 0.3) is 0 Å². The molecule has 5 heteroatoms. The van der Waals surface area contributed by atoms with Crippen LogP contribution in [0.15, 0.2) is 15.6 Å². The molecule has 0 N–H and O–H groups in total. The van der Waals surface area contributed by atoms with Gasteiger partial charge in [0.1, 0.15) is 4.47 Å². The van der Waals surface area contributed by atoms with Crippen molar-refractivity contribution in [2.75, 3.05) is 5.33 Å². The summed E-state index contributed by atoms with van der Waals surface area (Å²) in [4.78, 5) is 16.2. The topological polar surface area (TPSA) is 34.9 Å². The third kappa shape index (κ3) is 2.12. The van der Waals surface area contributed by atoms with Gasteiger partial charge in [0, 0.05) is 11.9 Å². The minimum atomic E-state index is 0.0275. The smallest absolute Gasteiger partial charge is 0.267 e. The number of hydrogen-bond acceptors (Lipinski definition) is 2. The van der Waals surface area contributed by atoms with Gasteiger partial charge >= 0.3 is 0 Å². The van der Waals surface area contributed by atoms with Crippen molar-refractivity contribution in [2.45, 2.75) is 32.7 Å². The second-order valence-electron chi connectivity index (χ2n) is 4.56. The van der Waals surface area contributed by atoms with Crippen LogP contribution < -0.4 is 5.56 Å². The standard InChI is InChI=1S/C11H14Br2N2O/c1-8-9(13)10(16)15(7-14-8)6-11(5-12)3-2-4-11/h7H,2-6H2,1H3. The third-order valence-electron chi connectivity index (χ3n) is 3.36. The fourth-order valence-electron chi connectivity index (χ4n) is 2.03. The number of alkyl halides is 1. The molecule has 0 radical (unpaired) electrons. The van der Waals surface area contributed by atoms with E-state index < -0.39 is 0 Å². The zero-order valence-corrected chi connectivity index (χ0v) is 12.3. The molecule has 0 bridgehead atoms. The first-order chi connectivity index (χ1) is 7.58. The summed E-state index contributed by atoms with van der Waals surface area (Å²) in [6.07, 6.45) is 5.30. The highest BCUT2D eigenvalue weighted by Crippen LogP contribution is 2.43. The molecular formula is C11H14Br2N2O. The summed E-state index contributed by atoms with van der Waals surface area (Å²) in [7, 11) is 0. The van der Waals surface area contributed by atoms with Crippen LogP contribution in [0.1, 0.15) is 25.0 Å². The van der Waals surface area contributed by atoms with E-state index in [1.807, 2.05) is 6.92 Å². The van der Waals surface area contributed by atoms with Crippen LogP contribution in [0.2, 0.25) is 0 Å². The van der Waals surface area contributed by atoms with E-state index in [2.05, 4.69) is 36.8 Å². The summed E-state index contributed by atoms with van der Waals surface area (Å²) in [6, 6.07) is 0. The van der Waals surface area contributed by atoms with Gasteiger partial charge in [0.05, 0.1) is 12.0 Å². The van der Waals surface area contributed by atoms with E-state index in [1.54, 1.807) is 10.9 Å². The molecule has 88 valence electrons. The molecular weight excluding hydrogens is 336 g/mol. The van der Waals surface area contributed by atoms with Gasteiger partial charge in [-0.1, -0.05) is 22.4 Å². The molecule has 1 aliphatic carbocycles. The first kappa shape index (κ1) is 12.3. The number of rotatable bonds is 3. The minimum Gasteiger partial charge on any atom is -0.298 e. The van der Waals surface area contributed by atoms with Crippen molar-refractivity contribution in [3.63, 3.8) is 0 Å². The summed E-state index contributed by atoms with van der Waals surface area (Å²) < 4.78 is 2.30. The molecule has 1 heterocycles. The Balaban J connectivity index is 2.29. The zero-order chi connectivity index (χ0) is 11.8. The van der Waals surface area contributed by atoms with E-state index >= 15 is 0 Å². The molecule has 1 fully saturated rings. The lowest BCUT2D eigenvalue weighted by Crippen LogP contribution is -2.39. The van der Waals surface area contributed by atoms with Crippen molar-refractivity contribution in [3.8, 4) is 0 Å². The van der Waals surface area contributed by atoms with Gasteiger partial charge in [-0.05, 0) is 41.1 Å². The van der Waals surface area contributed by atoms with E-state index in [1.165, 1.54) is 19.3 Å². The SMILES string of the molecule is Cc1ncn(CC2(CBr)CCC2)c(=O)c1Br. The maximum Gasteiger partial charge on any atom is 0.267 e. The van der Waals surface area contributed by atoms with Crippen molar-refractivity contribution in [3.05, 3.63) is 26.8 Å². The monoisotopic (exact) mass is 348 g/mol. The Bertz CT molecular complexity index is 446. The maximum atomic E-state index is 12.0. The molecule has 0 saturated heterocycles. The fourth-order valence-corrected chi connectivity index (χ4v) is 3.10. The first-order valence-electron chi connectivity index (χ1n) is 5.35. The molecule has 2 rings (SSSR count). The predicted molar refractivity (Wildman–Crippen MR) is 71.0 cm³/mol. The van der Waals surface area contributed by atoms with Crippen molar-refractivity contribution < 1.29 is 0 Å². The van der Waals surface area contributed by atoms with Crippen LogP contribution in [0.4, 0.5) is 0 Å². The summed E-state index contributed by atoms with van der Waals surface area (Å²) in [5.74, 6) is 0. The number of nitrogens with zero attached hydrogens (tertiary/aromatic N) is 2. The fraction of sp³-hybridized carbons (Fsp3) is 0.636. The molecule has 0 unspecified atom stereocenters. The average Bonchev–Trinajstić information content (AvgIpc) is 2.23. The summed E-state index contributed by atoms with van der Waals surface area (Å²) in [6.45, 7) is 2.60.